The molecule has 0 bridgehead atoms. The first-order chi connectivity index (χ1) is 19.6. The predicted octanol–water partition coefficient (Wildman–Crippen LogP) is 6.73. The Hall–Kier alpha value is -3.22. The normalized spacial score (nSPS) is 16.5. The number of aryl methyl sites for hydroxylation is 1. The SMILES string of the molecule is COC(=O)CCc1cnc(C[C@H]2S[C@H](c3cccc(OC)c3OC)c3cc(Cl)ccc3-n3c2nnc3C(C)(F)F)s1. The van der Waals surface area contributed by atoms with Crippen molar-refractivity contribution in [3.8, 4) is 17.2 Å². The Labute approximate surface area is 249 Å². The second kappa shape index (κ2) is 11.9. The van der Waals surface area contributed by atoms with Gasteiger partial charge >= 0.3 is 11.9 Å². The molecule has 0 fully saturated rings. The summed E-state index contributed by atoms with van der Waals surface area (Å²) in [6.07, 6.45) is 2.87. The summed E-state index contributed by atoms with van der Waals surface area (Å²) in [5.74, 6) is -2.55. The molecule has 0 aliphatic carbocycles. The summed E-state index contributed by atoms with van der Waals surface area (Å²) in [5, 5.41) is 8.68. The maximum Gasteiger partial charge on any atom is 0.305 e. The van der Waals surface area contributed by atoms with Gasteiger partial charge in [0.25, 0.3) is 0 Å². The Morgan fingerprint density at radius 2 is 1.93 bits per heavy atom. The van der Waals surface area contributed by atoms with Crippen LogP contribution in [0.1, 0.15) is 56.5 Å². The first-order valence-electron chi connectivity index (χ1n) is 12.6. The van der Waals surface area contributed by atoms with Crippen LogP contribution in [0.4, 0.5) is 8.78 Å². The van der Waals surface area contributed by atoms with E-state index in [1.807, 2.05) is 12.1 Å². The van der Waals surface area contributed by atoms with Crippen LogP contribution in [0.3, 0.4) is 0 Å². The molecule has 1 aliphatic rings. The number of thiazole rings is 1. The molecule has 3 heterocycles. The van der Waals surface area contributed by atoms with E-state index in [9.17, 15) is 13.6 Å². The Balaban J connectivity index is 1.65. The number of aromatic nitrogens is 4. The zero-order valence-electron chi connectivity index (χ0n) is 22.7. The zero-order chi connectivity index (χ0) is 29.3. The van der Waals surface area contributed by atoms with Gasteiger partial charge in [0.1, 0.15) is 0 Å². The Morgan fingerprint density at radius 3 is 2.63 bits per heavy atom. The van der Waals surface area contributed by atoms with Crippen LogP contribution in [0, 0.1) is 0 Å². The van der Waals surface area contributed by atoms with Gasteiger partial charge in [0.05, 0.1) is 48.9 Å². The highest BCUT2D eigenvalue weighted by atomic mass is 35.5. The van der Waals surface area contributed by atoms with Gasteiger partial charge in [-0.25, -0.2) is 4.98 Å². The summed E-state index contributed by atoms with van der Waals surface area (Å²) in [7, 11) is 4.48. The van der Waals surface area contributed by atoms with Crippen molar-refractivity contribution >= 4 is 40.7 Å². The number of nitrogens with zero attached hydrogens (tertiary/aromatic N) is 4. The van der Waals surface area contributed by atoms with Gasteiger partial charge < -0.3 is 14.2 Å². The Morgan fingerprint density at radius 1 is 1.12 bits per heavy atom. The number of alkyl halides is 2. The van der Waals surface area contributed by atoms with Crippen molar-refractivity contribution in [2.24, 2.45) is 0 Å². The van der Waals surface area contributed by atoms with Crippen LogP contribution in [0.15, 0.2) is 42.6 Å². The Kier molecular flexibility index (Phi) is 8.53. The summed E-state index contributed by atoms with van der Waals surface area (Å²) in [5.41, 5.74) is 2.02. The van der Waals surface area contributed by atoms with E-state index in [-0.39, 0.29) is 12.4 Å². The van der Waals surface area contributed by atoms with E-state index in [2.05, 4.69) is 15.2 Å². The van der Waals surface area contributed by atoms with E-state index in [0.717, 1.165) is 22.4 Å². The maximum atomic E-state index is 14.9. The van der Waals surface area contributed by atoms with Gasteiger partial charge in [0.15, 0.2) is 17.3 Å². The number of thioether (sulfide) groups is 1. The molecular formula is C28H27ClF2N4O4S2. The minimum atomic E-state index is -3.26. The molecule has 2 aromatic heterocycles. The summed E-state index contributed by atoms with van der Waals surface area (Å²) >= 11 is 9.48. The van der Waals surface area contributed by atoms with Gasteiger partial charge in [0.2, 0.25) is 5.82 Å². The largest absolute Gasteiger partial charge is 0.493 e. The fraction of sp³-hybridized carbons (Fsp3) is 0.357. The van der Waals surface area contributed by atoms with Crippen molar-refractivity contribution in [3.63, 3.8) is 0 Å². The first-order valence-corrected chi connectivity index (χ1v) is 14.8. The lowest BCUT2D eigenvalue weighted by atomic mass is 10.0. The summed E-state index contributed by atoms with van der Waals surface area (Å²) in [6.45, 7) is 0.809. The van der Waals surface area contributed by atoms with E-state index < -0.39 is 22.2 Å². The number of ether oxygens (including phenoxy) is 3. The van der Waals surface area contributed by atoms with Crippen LogP contribution >= 0.6 is 34.7 Å². The minimum Gasteiger partial charge on any atom is -0.493 e. The third-order valence-electron chi connectivity index (χ3n) is 6.66. The molecular weight excluding hydrogens is 594 g/mol. The van der Waals surface area contributed by atoms with E-state index in [1.165, 1.54) is 34.8 Å². The fourth-order valence-electron chi connectivity index (χ4n) is 4.81. The number of hydrogen-bond acceptors (Lipinski definition) is 9. The summed E-state index contributed by atoms with van der Waals surface area (Å²) in [6, 6.07) is 10.8. The molecule has 41 heavy (non-hydrogen) atoms. The average molecular weight is 621 g/mol. The van der Waals surface area contributed by atoms with Gasteiger partial charge in [0, 0.05) is 35.0 Å². The highest BCUT2D eigenvalue weighted by Gasteiger charge is 2.40. The fourth-order valence-corrected chi connectivity index (χ4v) is 7.58. The molecule has 1 aliphatic heterocycles. The third kappa shape index (κ3) is 5.91. The van der Waals surface area contributed by atoms with Crippen LogP contribution in [-0.2, 0) is 28.3 Å². The number of esters is 1. The van der Waals surface area contributed by atoms with E-state index in [1.54, 1.807) is 44.7 Å². The molecule has 5 rings (SSSR count). The van der Waals surface area contributed by atoms with Gasteiger partial charge in [-0.05, 0) is 36.2 Å². The molecule has 2 atom stereocenters. The number of carbonyl (C=O) groups excluding carboxylic acids is 1. The summed E-state index contributed by atoms with van der Waals surface area (Å²) < 4.78 is 47.4. The lowest BCUT2D eigenvalue weighted by Crippen LogP contribution is -2.17. The van der Waals surface area contributed by atoms with Crippen LogP contribution in [0.25, 0.3) is 5.69 Å². The number of fused-ring (bicyclic) bond motifs is 3. The molecule has 8 nitrogen and oxygen atoms in total. The van der Waals surface area contributed by atoms with Crippen molar-refractivity contribution in [2.75, 3.05) is 21.3 Å². The minimum absolute atomic E-state index is 0.243. The van der Waals surface area contributed by atoms with Crippen molar-refractivity contribution < 1.29 is 27.8 Å². The van der Waals surface area contributed by atoms with Crippen molar-refractivity contribution in [3.05, 3.63) is 80.3 Å². The van der Waals surface area contributed by atoms with E-state index in [4.69, 9.17) is 25.8 Å². The predicted molar refractivity (Wildman–Crippen MR) is 154 cm³/mol. The number of hydrogen-bond donors (Lipinski definition) is 0. The number of halogens is 3. The first kappa shape index (κ1) is 29.3. The standard InChI is InChI=1S/C28H27ClF2N4O4S2/c1-28(30,31)27-34-33-26-21(13-22-32-14-16(40-22)9-11-23(36)38-3)41-25(17-6-5-7-20(37-2)24(17)39-4)18-12-15(29)8-10-19(18)35(26)27/h5-8,10,12,14,21,25H,9,11,13H2,1-4H3/t21-,25-/m1/s1. The molecule has 4 aromatic rings. The van der Waals surface area contributed by atoms with Crippen LogP contribution in [-0.4, -0.2) is 47.0 Å². The number of methoxy groups -OCH3 is 3. The van der Waals surface area contributed by atoms with Gasteiger partial charge in [-0.1, -0.05) is 23.7 Å². The number of rotatable bonds is 9. The van der Waals surface area contributed by atoms with Crippen LogP contribution in [0.2, 0.25) is 5.02 Å². The molecule has 0 radical (unpaired) electrons. The molecule has 13 heteroatoms. The smallest absolute Gasteiger partial charge is 0.305 e. The second-order valence-electron chi connectivity index (χ2n) is 9.40. The molecule has 0 spiro atoms. The van der Waals surface area contributed by atoms with Crippen molar-refractivity contribution in [1.29, 1.82) is 0 Å². The van der Waals surface area contributed by atoms with E-state index in [0.29, 0.717) is 46.4 Å². The van der Waals surface area contributed by atoms with Crippen LogP contribution in [0.5, 0.6) is 11.5 Å². The lowest BCUT2D eigenvalue weighted by Gasteiger charge is -2.23. The van der Waals surface area contributed by atoms with Gasteiger partial charge in [-0.2, -0.15) is 8.78 Å². The molecule has 2 aromatic carbocycles. The van der Waals surface area contributed by atoms with Gasteiger partial charge in [-0.3, -0.25) is 9.36 Å². The zero-order valence-corrected chi connectivity index (χ0v) is 25.1. The highest BCUT2D eigenvalue weighted by Crippen LogP contribution is 2.54. The number of benzene rings is 2. The topological polar surface area (TPSA) is 88.4 Å². The lowest BCUT2D eigenvalue weighted by molar-refractivity contribution is -0.140. The van der Waals surface area contributed by atoms with E-state index >= 15 is 0 Å². The number of para-hydroxylation sites is 1. The number of carbonyl (C=O) groups is 1. The maximum absolute atomic E-state index is 14.9. The summed E-state index contributed by atoms with van der Waals surface area (Å²) in [4.78, 5) is 17.1. The monoisotopic (exact) mass is 620 g/mol. The van der Waals surface area contributed by atoms with Crippen LogP contribution < -0.4 is 9.47 Å². The average Bonchev–Trinajstić information content (AvgIpc) is 3.58. The molecule has 0 amide bonds. The second-order valence-corrected chi connectivity index (χ2v) is 12.3. The Bertz CT molecular complexity index is 1570. The molecule has 0 N–H and O–H groups in total. The molecule has 0 saturated carbocycles. The molecule has 0 saturated heterocycles. The quantitative estimate of drug-likeness (QED) is 0.190. The van der Waals surface area contributed by atoms with Crippen molar-refractivity contribution in [1.82, 2.24) is 19.7 Å². The highest BCUT2D eigenvalue weighted by molar-refractivity contribution is 8.00. The van der Waals surface area contributed by atoms with Gasteiger partial charge in [-0.15, -0.1) is 33.3 Å². The third-order valence-corrected chi connectivity index (χ3v) is 9.46. The molecule has 0 unspecified atom stereocenters. The molecule has 216 valence electrons. The van der Waals surface area contributed by atoms with Crippen molar-refractivity contribution in [2.45, 2.75) is 42.6 Å².